The van der Waals surface area contributed by atoms with Crippen LogP contribution in [0.4, 0.5) is 4.79 Å². The van der Waals surface area contributed by atoms with E-state index in [-0.39, 0.29) is 18.5 Å². The summed E-state index contributed by atoms with van der Waals surface area (Å²) in [5.74, 6) is 0.765. The number of benzene rings is 1. The molecule has 1 heterocycles. The molecular formula is C17H25N3O2. The molecule has 0 spiro atoms. The molecule has 120 valence electrons. The molecule has 1 aromatic rings. The Morgan fingerprint density at radius 1 is 1.32 bits per heavy atom. The molecule has 0 saturated carbocycles. The Morgan fingerprint density at radius 2 is 2.05 bits per heavy atom. The summed E-state index contributed by atoms with van der Waals surface area (Å²) in [4.78, 5) is 25.1. The van der Waals surface area contributed by atoms with Gasteiger partial charge in [-0.2, -0.15) is 0 Å². The number of amides is 3. The van der Waals surface area contributed by atoms with E-state index in [1.807, 2.05) is 18.2 Å². The van der Waals surface area contributed by atoms with Crippen molar-refractivity contribution >= 4 is 11.9 Å². The van der Waals surface area contributed by atoms with E-state index in [2.05, 4.69) is 36.6 Å². The van der Waals surface area contributed by atoms with Gasteiger partial charge in [0.25, 0.3) is 0 Å². The third-order valence-electron chi connectivity index (χ3n) is 4.12. The van der Waals surface area contributed by atoms with Crippen molar-refractivity contribution in [3.63, 3.8) is 0 Å². The Morgan fingerprint density at radius 3 is 2.68 bits per heavy atom. The molecule has 3 amide bonds. The minimum absolute atomic E-state index is 0.0916. The highest BCUT2D eigenvalue weighted by Gasteiger charge is 2.22. The van der Waals surface area contributed by atoms with Crippen molar-refractivity contribution in [3.8, 4) is 0 Å². The Labute approximate surface area is 132 Å². The molecule has 0 radical (unpaired) electrons. The van der Waals surface area contributed by atoms with Crippen LogP contribution in [0.3, 0.4) is 0 Å². The minimum Gasteiger partial charge on any atom is -0.353 e. The Kier molecular flexibility index (Phi) is 5.81. The smallest absolute Gasteiger partial charge is 0.317 e. The fraction of sp³-hybridized carbons (Fsp3) is 0.529. The topological polar surface area (TPSA) is 61.4 Å². The quantitative estimate of drug-likeness (QED) is 0.869. The van der Waals surface area contributed by atoms with Gasteiger partial charge in [-0.25, -0.2) is 4.79 Å². The molecule has 5 nitrogen and oxygen atoms in total. The van der Waals surface area contributed by atoms with Crippen LogP contribution in [-0.4, -0.2) is 43.0 Å². The fourth-order valence-electron chi connectivity index (χ4n) is 2.60. The van der Waals surface area contributed by atoms with Gasteiger partial charge in [0, 0.05) is 19.6 Å². The highest BCUT2D eigenvalue weighted by Crippen LogP contribution is 2.16. The zero-order valence-electron chi connectivity index (χ0n) is 13.3. The standard InChI is InChI=1S/C17H25N3O2/c1-13(2)15(10-14-6-4-3-5-7-14)11-19-17(22)20-9-8-18-16(21)12-20/h3-7,13,15H,8-12H2,1-2H3,(H,18,21)(H,19,22). The SMILES string of the molecule is CC(C)C(CNC(=O)N1CCNC(=O)C1)Cc1ccccc1. The summed E-state index contributed by atoms with van der Waals surface area (Å²) < 4.78 is 0. The predicted molar refractivity (Wildman–Crippen MR) is 86.5 cm³/mol. The molecule has 1 atom stereocenters. The molecule has 0 aromatic heterocycles. The van der Waals surface area contributed by atoms with Gasteiger partial charge in [0.1, 0.15) is 6.54 Å². The molecule has 1 saturated heterocycles. The van der Waals surface area contributed by atoms with Gasteiger partial charge in [-0.15, -0.1) is 0 Å². The summed E-state index contributed by atoms with van der Waals surface area (Å²) in [6.07, 6.45) is 0.944. The zero-order chi connectivity index (χ0) is 15.9. The number of rotatable bonds is 5. The summed E-state index contributed by atoms with van der Waals surface area (Å²) in [6, 6.07) is 10.2. The molecule has 1 aliphatic rings. The number of carbonyl (C=O) groups is 2. The normalized spacial score (nSPS) is 16.3. The Bertz CT molecular complexity index is 502. The van der Waals surface area contributed by atoms with Crippen molar-refractivity contribution in [1.82, 2.24) is 15.5 Å². The average Bonchev–Trinajstić information content (AvgIpc) is 2.51. The van der Waals surface area contributed by atoms with Crippen LogP contribution in [0.15, 0.2) is 30.3 Å². The van der Waals surface area contributed by atoms with Crippen LogP contribution in [0.1, 0.15) is 19.4 Å². The Hall–Kier alpha value is -2.04. The number of hydrogen-bond acceptors (Lipinski definition) is 2. The highest BCUT2D eigenvalue weighted by molar-refractivity contribution is 5.85. The number of nitrogens with one attached hydrogen (secondary N) is 2. The first-order valence-electron chi connectivity index (χ1n) is 7.89. The van der Waals surface area contributed by atoms with Gasteiger partial charge in [0.15, 0.2) is 0 Å². The minimum atomic E-state index is -0.145. The first-order chi connectivity index (χ1) is 10.6. The summed E-state index contributed by atoms with van der Waals surface area (Å²) >= 11 is 0. The predicted octanol–water partition coefficient (Wildman–Crippen LogP) is 1.64. The van der Waals surface area contributed by atoms with Gasteiger partial charge in [-0.1, -0.05) is 44.2 Å². The number of piperazine rings is 1. The average molecular weight is 303 g/mol. The lowest BCUT2D eigenvalue weighted by molar-refractivity contribution is -0.123. The maximum absolute atomic E-state index is 12.2. The van der Waals surface area contributed by atoms with Crippen LogP contribution in [-0.2, 0) is 11.2 Å². The highest BCUT2D eigenvalue weighted by atomic mass is 16.2. The van der Waals surface area contributed by atoms with E-state index < -0.39 is 0 Å². The monoisotopic (exact) mass is 303 g/mol. The molecular weight excluding hydrogens is 278 g/mol. The fourth-order valence-corrected chi connectivity index (χ4v) is 2.60. The van der Waals surface area contributed by atoms with Crippen molar-refractivity contribution in [1.29, 1.82) is 0 Å². The summed E-state index contributed by atoms with van der Waals surface area (Å²) in [5.41, 5.74) is 1.28. The summed E-state index contributed by atoms with van der Waals surface area (Å²) in [7, 11) is 0. The van der Waals surface area contributed by atoms with Gasteiger partial charge in [-0.05, 0) is 23.8 Å². The summed E-state index contributed by atoms with van der Waals surface area (Å²) in [6.45, 7) is 6.23. The van der Waals surface area contributed by atoms with Crippen LogP contribution < -0.4 is 10.6 Å². The third kappa shape index (κ3) is 4.76. The second-order valence-corrected chi connectivity index (χ2v) is 6.15. The summed E-state index contributed by atoms with van der Waals surface area (Å²) in [5, 5.41) is 5.70. The lowest BCUT2D eigenvalue weighted by Gasteiger charge is -2.28. The van der Waals surface area contributed by atoms with Crippen molar-refractivity contribution in [3.05, 3.63) is 35.9 Å². The van der Waals surface area contributed by atoms with E-state index in [0.29, 0.717) is 31.5 Å². The maximum atomic E-state index is 12.2. The van der Waals surface area contributed by atoms with Crippen molar-refractivity contribution in [2.45, 2.75) is 20.3 Å². The van der Waals surface area contributed by atoms with Crippen molar-refractivity contribution in [2.24, 2.45) is 11.8 Å². The lowest BCUT2D eigenvalue weighted by atomic mass is 9.89. The van der Waals surface area contributed by atoms with Gasteiger partial charge in [0.05, 0.1) is 0 Å². The molecule has 1 fully saturated rings. The molecule has 1 aliphatic heterocycles. The lowest BCUT2D eigenvalue weighted by Crippen LogP contribution is -2.53. The van der Waals surface area contributed by atoms with Crippen LogP contribution in [0, 0.1) is 11.8 Å². The third-order valence-corrected chi connectivity index (χ3v) is 4.12. The number of nitrogens with zero attached hydrogens (tertiary/aromatic N) is 1. The zero-order valence-corrected chi connectivity index (χ0v) is 13.3. The Balaban J connectivity index is 1.86. The second kappa shape index (κ2) is 7.82. The number of urea groups is 1. The van der Waals surface area contributed by atoms with Gasteiger partial charge in [0.2, 0.25) is 5.91 Å². The van der Waals surface area contributed by atoms with Crippen molar-refractivity contribution < 1.29 is 9.59 Å². The van der Waals surface area contributed by atoms with E-state index in [1.54, 1.807) is 4.90 Å². The maximum Gasteiger partial charge on any atom is 0.317 e. The van der Waals surface area contributed by atoms with Crippen LogP contribution >= 0.6 is 0 Å². The second-order valence-electron chi connectivity index (χ2n) is 6.15. The molecule has 1 unspecified atom stereocenters. The number of carbonyl (C=O) groups excluding carboxylic acids is 2. The van der Waals surface area contributed by atoms with Crippen LogP contribution in [0.2, 0.25) is 0 Å². The van der Waals surface area contributed by atoms with Crippen LogP contribution in [0.5, 0.6) is 0 Å². The van der Waals surface area contributed by atoms with Gasteiger partial charge >= 0.3 is 6.03 Å². The molecule has 2 rings (SSSR count). The van der Waals surface area contributed by atoms with Gasteiger partial charge in [-0.3, -0.25) is 4.79 Å². The molecule has 2 N–H and O–H groups in total. The van der Waals surface area contributed by atoms with Crippen molar-refractivity contribution in [2.75, 3.05) is 26.2 Å². The first kappa shape index (κ1) is 16.3. The molecule has 1 aromatic carbocycles. The molecule has 5 heteroatoms. The first-order valence-corrected chi connectivity index (χ1v) is 7.89. The van der Waals surface area contributed by atoms with E-state index in [9.17, 15) is 9.59 Å². The molecule has 0 bridgehead atoms. The van der Waals surface area contributed by atoms with E-state index in [4.69, 9.17) is 0 Å². The number of hydrogen-bond donors (Lipinski definition) is 2. The molecule has 0 aliphatic carbocycles. The molecule has 22 heavy (non-hydrogen) atoms. The van der Waals surface area contributed by atoms with Gasteiger partial charge < -0.3 is 15.5 Å². The van der Waals surface area contributed by atoms with E-state index in [0.717, 1.165) is 6.42 Å². The largest absolute Gasteiger partial charge is 0.353 e. The van der Waals surface area contributed by atoms with Crippen LogP contribution in [0.25, 0.3) is 0 Å². The van der Waals surface area contributed by atoms with E-state index in [1.165, 1.54) is 5.56 Å². The van der Waals surface area contributed by atoms with E-state index >= 15 is 0 Å².